The van der Waals surface area contributed by atoms with Crippen molar-refractivity contribution in [3.8, 4) is 0 Å². The molecule has 0 amide bonds. The van der Waals surface area contributed by atoms with Gasteiger partial charge in [0.15, 0.2) is 24.6 Å². The Labute approximate surface area is 451 Å². The minimum Gasteiger partial charge on any atom is -0.479 e. The first kappa shape index (κ1) is 67.9. The van der Waals surface area contributed by atoms with E-state index in [0.29, 0.717) is 19.3 Å². The molecule has 420 valence electrons. The zero-order chi connectivity index (χ0) is 54.7. The molecule has 3 N–H and O–H groups in total. The predicted molar refractivity (Wildman–Crippen MR) is 303 cm³/mol. The minimum absolute atomic E-state index is 0.0261. The van der Waals surface area contributed by atoms with E-state index in [1.54, 1.807) is 0 Å². The van der Waals surface area contributed by atoms with Gasteiger partial charge >= 0.3 is 23.9 Å². The standard InChI is InChI=1S/C63H96O12/c1-4-7-10-13-16-19-22-25-26-27-28-29-30-33-36-39-42-45-48-51-57(66)74-61-59(68)58(67)60(62(69)70)75-63(61)72-53-54(73-56(65)50-47-44-41-38-35-32-24-21-18-15-12-9-6-3)52-71-55(64)49-46-43-40-37-34-31-23-20-17-14-11-8-5-2/h7-12,16-21,25-26,28-29,31-32,34-35,40,43,54,58-61,63,67-68H,4-6,13-15,22-24,27,30,33,36-39,41-42,44-53H2,1-3H3,(H,69,70)/b10-7-,11-8-,12-9-,19-16-,20-17-,21-18-,26-25-,29-28-,34-31-,35-32-,43-40-. The molecule has 75 heavy (non-hydrogen) atoms. The van der Waals surface area contributed by atoms with Crippen LogP contribution in [-0.4, -0.2) is 89.2 Å². The molecule has 6 atom stereocenters. The van der Waals surface area contributed by atoms with Crippen molar-refractivity contribution in [1.29, 1.82) is 0 Å². The van der Waals surface area contributed by atoms with Crippen LogP contribution in [0.4, 0.5) is 0 Å². The van der Waals surface area contributed by atoms with Gasteiger partial charge in [0.2, 0.25) is 0 Å². The van der Waals surface area contributed by atoms with E-state index < -0.39 is 67.3 Å². The van der Waals surface area contributed by atoms with Crippen molar-refractivity contribution < 1.29 is 58.2 Å². The third-order valence-electron chi connectivity index (χ3n) is 11.7. The van der Waals surface area contributed by atoms with Crippen molar-refractivity contribution in [3.63, 3.8) is 0 Å². The van der Waals surface area contributed by atoms with E-state index in [4.69, 9.17) is 23.7 Å². The Hall–Kier alpha value is -5.14. The summed E-state index contributed by atoms with van der Waals surface area (Å²) in [6.07, 6.45) is 57.3. The van der Waals surface area contributed by atoms with Gasteiger partial charge in [-0.2, -0.15) is 0 Å². The fourth-order valence-corrected chi connectivity index (χ4v) is 7.50. The van der Waals surface area contributed by atoms with Gasteiger partial charge in [0, 0.05) is 19.3 Å². The van der Waals surface area contributed by atoms with Crippen LogP contribution in [0.1, 0.15) is 188 Å². The lowest BCUT2D eigenvalue weighted by atomic mass is 9.98. The predicted octanol–water partition coefficient (Wildman–Crippen LogP) is 14.2. The SMILES string of the molecule is CC/C=C\C/C=C\C/C=C\C/C=C\CCCCCCCCC(=O)OC1C(OCC(COC(=O)CC/C=C\C/C=C\C/C=C\C/C=C\CC)OC(=O)CCCCC/C=C\C/C=C\C/C=C\CC)OC(C(=O)O)C(O)C1O. The fraction of sp³-hybridized carbons (Fsp3) is 0.587. The van der Waals surface area contributed by atoms with E-state index in [-0.39, 0.29) is 25.9 Å². The van der Waals surface area contributed by atoms with Crippen molar-refractivity contribution in [3.05, 3.63) is 134 Å². The summed E-state index contributed by atoms with van der Waals surface area (Å²) in [5.74, 6) is -3.31. The molecule has 1 rings (SSSR count). The van der Waals surface area contributed by atoms with Crippen LogP contribution < -0.4 is 0 Å². The summed E-state index contributed by atoms with van der Waals surface area (Å²) in [7, 11) is 0. The van der Waals surface area contributed by atoms with E-state index in [1.807, 2.05) is 12.2 Å². The Morgan fingerprint density at radius 2 is 0.827 bits per heavy atom. The number of rotatable bonds is 45. The van der Waals surface area contributed by atoms with Crippen LogP contribution in [0, 0.1) is 0 Å². The number of unbranched alkanes of at least 4 members (excludes halogenated alkanes) is 9. The van der Waals surface area contributed by atoms with Crippen LogP contribution in [0.3, 0.4) is 0 Å². The molecule has 0 bridgehead atoms. The van der Waals surface area contributed by atoms with Crippen molar-refractivity contribution in [1.82, 2.24) is 0 Å². The number of aliphatic hydroxyl groups excluding tert-OH is 2. The van der Waals surface area contributed by atoms with Gasteiger partial charge < -0.3 is 39.0 Å². The molecule has 1 aliphatic heterocycles. The van der Waals surface area contributed by atoms with Gasteiger partial charge in [-0.15, -0.1) is 0 Å². The highest BCUT2D eigenvalue weighted by atomic mass is 16.7. The molecule has 0 aromatic rings. The molecule has 0 radical (unpaired) electrons. The lowest BCUT2D eigenvalue weighted by Crippen LogP contribution is -2.61. The molecule has 1 fully saturated rings. The molecule has 0 saturated carbocycles. The second-order valence-electron chi connectivity index (χ2n) is 18.4. The van der Waals surface area contributed by atoms with Crippen LogP contribution in [0.25, 0.3) is 0 Å². The topological polar surface area (TPSA) is 175 Å². The molecule has 12 nitrogen and oxygen atoms in total. The molecular formula is C63H96O12. The zero-order valence-electron chi connectivity index (χ0n) is 46.0. The average molecular weight is 1050 g/mol. The van der Waals surface area contributed by atoms with Crippen LogP contribution in [-0.2, 0) is 42.9 Å². The number of hydrogen-bond acceptors (Lipinski definition) is 11. The highest BCUT2D eigenvalue weighted by molar-refractivity contribution is 5.74. The number of aliphatic hydroxyl groups is 2. The Balaban J connectivity index is 2.75. The van der Waals surface area contributed by atoms with E-state index in [2.05, 4.69) is 142 Å². The first-order valence-corrected chi connectivity index (χ1v) is 28.2. The number of carboxylic acids is 1. The lowest BCUT2D eigenvalue weighted by Gasteiger charge is -2.40. The van der Waals surface area contributed by atoms with E-state index >= 15 is 0 Å². The Morgan fingerprint density at radius 1 is 0.440 bits per heavy atom. The zero-order valence-corrected chi connectivity index (χ0v) is 46.0. The van der Waals surface area contributed by atoms with Crippen molar-refractivity contribution >= 4 is 23.9 Å². The van der Waals surface area contributed by atoms with Gasteiger partial charge in [-0.3, -0.25) is 14.4 Å². The number of carbonyl (C=O) groups is 4. The second-order valence-corrected chi connectivity index (χ2v) is 18.4. The van der Waals surface area contributed by atoms with Crippen molar-refractivity contribution in [2.45, 2.75) is 225 Å². The summed E-state index contributed by atoms with van der Waals surface area (Å²) in [5.41, 5.74) is 0. The summed E-state index contributed by atoms with van der Waals surface area (Å²) in [6, 6.07) is 0. The van der Waals surface area contributed by atoms with Crippen LogP contribution in [0.5, 0.6) is 0 Å². The van der Waals surface area contributed by atoms with Gasteiger partial charge in [-0.25, -0.2) is 4.79 Å². The number of allylic oxidation sites excluding steroid dienone is 22. The van der Waals surface area contributed by atoms with Gasteiger partial charge in [0.25, 0.3) is 0 Å². The highest BCUT2D eigenvalue weighted by Crippen LogP contribution is 2.26. The molecule has 0 aromatic heterocycles. The molecule has 1 heterocycles. The minimum atomic E-state index is -1.93. The molecule has 0 aliphatic carbocycles. The Kier molecular flexibility index (Phi) is 45.0. The third kappa shape index (κ3) is 39.9. The first-order valence-electron chi connectivity index (χ1n) is 28.2. The summed E-state index contributed by atoms with van der Waals surface area (Å²) in [6.45, 7) is 5.52. The number of hydrogen-bond donors (Lipinski definition) is 3. The summed E-state index contributed by atoms with van der Waals surface area (Å²) < 4.78 is 28.2. The van der Waals surface area contributed by atoms with Crippen LogP contribution in [0.2, 0.25) is 0 Å². The first-order chi connectivity index (χ1) is 36.6. The van der Waals surface area contributed by atoms with Gasteiger partial charge in [-0.05, 0) is 116 Å². The van der Waals surface area contributed by atoms with Crippen molar-refractivity contribution in [2.24, 2.45) is 0 Å². The van der Waals surface area contributed by atoms with Crippen molar-refractivity contribution in [2.75, 3.05) is 13.2 Å². The van der Waals surface area contributed by atoms with Gasteiger partial charge in [-0.1, -0.05) is 187 Å². The third-order valence-corrected chi connectivity index (χ3v) is 11.7. The summed E-state index contributed by atoms with van der Waals surface area (Å²) in [4.78, 5) is 51.0. The maximum absolute atomic E-state index is 13.1. The number of carbonyl (C=O) groups excluding carboxylic acids is 3. The molecule has 12 heteroatoms. The molecular weight excluding hydrogens is 949 g/mol. The normalized spacial score (nSPS) is 19.2. The molecule has 1 aliphatic rings. The maximum atomic E-state index is 13.1. The summed E-state index contributed by atoms with van der Waals surface area (Å²) >= 11 is 0. The Morgan fingerprint density at radius 3 is 1.28 bits per heavy atom. The molecule has 0 aromatic carbocycles. The quantitative estimate of drug-likeness (QED) is 0.0228. The summed E-state index contributed by atoms with van der Waals surface area (Å²) in [5, 5.41) is 31.4. The van der Waals surface area contributed by atoms with Gasteiger partial charge in [0.05, 0.1) is 6.61 Å². The monoisotopic (exact) mass is 1040 g/mol. The largest absolute Gasteiger partial charge is 0.479 e. The highest BCUT2D eigenvalue weighted by Gasteiger charge is 2.50. The molecule has 6 unspecified atom stereocenters. The van der Waals surface area contributed by atoms with Gasteiger partial charge in [0.1, 0.15) is 18.8 Å². The number of esters is 3. The van der Waals surface area contributed by atoms with E-state index in [9.17, 15) is 34.5 Å². The maximum Gasteiger partial charge on any atom is 0.335 e. The van der Waals surface area contributed by atoms with Crippen LogP contribution in [0.15, 0.2) is 134 Å². The number of aliphatic carboxylic acids is 1. The van der Waals surface area contributed by atoms with E-state index in [0.717, 1.165) is 128 Å². The average Bonchev–Trinajstić information content (AvgIpc) is 3.39. The lowest BCUT2D eigenvalue weighted by molar-refractivity contribution is -0.301. The molecule has 0 spiro atoms. The Bertz CT molecular complexity index is 1810. The fourth-order valence-electron chi connectivity index (χ4n) is 7.50. The van der Waals surface area contributed by atoms with Crippen LogP contribution >= 0.6 is 0 Å². The number of carboxylic acid groups (broad SMARTS) is 1. The number of ether oxygens (including phenoxy) is 5. The smallest absolute Gasteiger partial charge is 0.335 e. The van der Waals surface area contributed by atoms with E-state index in [1.165, 1.54) is 0 Å². The second kappa shape index (κ2) is 49.7. The molecule has 1 saturated heterocycles.